The minimum absolute atomic E-state index is 0.0998. The molecular weight excluding hydrogens is 307 g/mol. The maximum absolute atomic E-state index is 11.9. The van der Waals surface area contributed by atoms with Gasteiger partial charge in [-0.15, -0.1) is 0 Å². The summed E-state index contributed by atoms with van der Waals surface area (Å²) in [6.07, 6.45) is 0. The van der Waals surface area contributed by atoms with E-state index in [0.29, 0.717) is 20.6 Å². The zero-order valence-corrected chi connectivity index (χ0v) is 12.0. The lowest BCUT2D eigenvalue weighted by atomic mass is 10.2. The molecule has 2 nitrogen and oxygen atoms in total. The summed E-state index contributed by atoms with van der Waals surface area (Å²) in [5.74, 6) is -0.496. The van der Waals surface area contributed by atoms with Crippen LogP contribution in [0.15, 0.2) is 42.5 Å². The molecule has 2 aromatic carbocycles. The van der Waals surface area contributed by atoms with Crippen molar-refractivity contribution in [2.24, 2.45) is 0 Å². The van der Waals surface area contributed by atoms with Gasteiger partial charge in [0, 0.05) is 20.6 Å². The van der Waals surface area contributed by atoms with Crippen LogP contribution in [0.3, 0.4) is 0 Å². The molecule has 0 heterocycles. The van der Waals surface area contributed by atoms with Crippen LogP contribution in [-0.4, -0.2) is 5.97 Å². The van der Waals surface area contributed by atoms with Crippen molar-refractivity contribution in [1.82, 2.24) is 0 Å². The van der Waals surface area contributed by atoms with Gasteiger partial charge in [-0.25, -0.2) is 4.79 Å². The maximum atomic E-state index is 11.9. The van der Waals surface area contributed by atoms with Gasteiger partial charge >= 0.3 is 5.97 Å². The van der Waals surface area contributed by atoms with Gasteiger partial charge in [0.2, 0.25) is 0 Å². The number of hydrogen-bond donors (Lipinski definition) is 0. The summed E-state index contributed by atoms with van der Waals surface area (Å²) < 4.78 is 5.16. The minimum atomic E-state index is -0.496. The fourth-order valence-electron chi connectivity index (χ4n) is 1.51. The third-order valence-electron chi connectivity index (χ3n) is 2.41. The van der Waals surface area contributed by atoms with Gasteiger partial charge < -0.3 is 4.74 Å². The molecule has 0 unspecified atom stereocenters. The first-order chi connectivity index (χ1) is 9.06. The highest BCUT2D eigenvalue weighted by molar-refractivity contribution is 6.35. The molecule has 0 bridgehead atoms. The van der Waals surface area contributed by atoms with E-state index in [-0.39, 0.29) is 6.61 Å². The van der Waals surface area contributed by atoms with E-state index < -0.39 is 5.97 Å². The summed E-state index contributed by atoms with van der Waals surface area (Å²) in [7, 11) is 0. The normalized spacial score (nSPS) is 10.3. The first-order valence-corrected chi connectivity index (χ1v) is 6.56. The lowest BCUT2D eigenvalue weighted by Gasteiger charge is -2.07. The molecule has 0 aliphatic heterocycles. The summed E-state index contributed by atoms with van der Waals surface area (Å²) in [5, 5.41) is 1.33. The van der Waals surface area contributed by atoms with Crippen LogP contribution in [0.5, 0.6) is 0 Å². The largest absolute Gasteiger partial charge is 0.457 e. The summed E-state index contributed by atoms with van der Waals surface area (Å²) in [6, 6.07) is 11.7. The van der Waals surface area contributed by atoms with Gasteiger partial charge in [0.25, 0.3) is 0 Å². The molecule has 98 valence electrons. The van der Waals surface area contributed by atoms with E-state index in [1.807, 2.05) is 12.1 Å². The van der Waals surface area contributed by atoms with Crippen LogP contribution in [0.4, 0.5) is 0 Å². The summed E-state index contributed by atoms with van der Waals surface area (Å²) in [6.45, 7) is 0.0998. The molecule has 0 aromatic heterocycles. The minimum Gasteiger partial charge on any atom is -0.457 e. The number of carbonyl (C=O) groups is 1. The van der Waals surface area contributed by atoms with E-state index in [2.05, 4.69) is 0 Å². The van der Waals surface area contributed by atoms with Crippen LogP contribution < -0.4 is 0 Å². The van der Waals surface area contributed by atoms with Gasteiger partial charge in [-0.2, -0.15) is 0 Å². The average Bonchev–Trinajstić information content (AvgIpc) is 2.36. The molecule has 2 rings (SSSR count). The topological polar surface area (TPSA) is 26.3 Å². The van der Waals surface area contributed by atoms with Gasteiger partial charge in [0.15, 0.2) is 0 Å². The van der Waals surface area contributed by atoms with E-state index >= 15 is 0 Å². The maximum Gasteiger partial charge on any atom is 0.338 e. The molecule has 0 aliphatic carbocycles. The van der Waals surface area contributed by atoms with Crippen LogP contribution in [0.25, 0.3) is 0 Å². The van der Waals surface area contributed by atoms with E-state index in [9.17, 15) is 4.79 Å². The monoisotopic (exact) mass is 314 g/mol. The molecule has 5 heteroatoms. The number of rotatable bonds is 3. The molecule has 0 amide bonds. The standard InChI is InChI=1S/C14H9Cl3O2/c15-11-5-10(6-12(16)7-11)14(18)19-8-9-3-1-2-4-13(9)17/h1-7H,8H2. The van der Waals surface area contributed by atoms with Gasteiger partial charge in [-0.1, -0.05) is 53.0 Å². The Kier molecular flexibility index (Phi) is 4.70. The fourth-order valence-corrected chi connectivity index (χ4v) is 2.23. The molecule has 0 saturated heterocycles. The Hall–Kier alpha value is -1.22. The van der Waals surface area contributed by atoms with Crippen molar-refractivity contribution in [2.45, 2.75) is 6.61 Å². The number of ether oxygens (including phenoxy) is 1. The highest BCUT2D eigenvalue weighted by atomic mass is 35.5. The first-order valence-electron chi connectivity index (χ1n) is 5.43. The third kappa shape index (κ3) is 3.87. The fraction of sp³-hybridized carbons (Fsp3) is 0.0714. The van der Waals surface area contributed by atoms with Gasteiger partial charge in [-0.3, -0.25) is 0 Å². The molecule has 0 atom stereocenters. The van der Waals surface area contributed by atoms with Crippen molar-refractivity contribution in [3.63, 3.8) is 0 Å². The molecule has 0 saturated carbocycles. The predicted octanol–water partition coefficient (Wildman–Crippen LogP) is 5.00. The number of benzene rings is 2. The Bertz CT molecular complexity index is 591. The summed E-state index contributed by atoms with van der Waals surface area (Å²) in [5.41, 5.74) is 1.05. The Morgan fingerprint density at radius 1 is 1.00 bits per heavy atom. The zero-order chi connectivity index (χ0) is 13.8. The summed E-state index contributed by atoms with van der Waals surface area (Å²) in [4.78, 5) is 11.9. The van der Waals surface area contributed by atoms with Crippen LogP contribution in [0.1, 0.15) is 15.9 Å². The molecule has 0 N–H and O–H groups in total. The van der Waals surface area contributed by atoms with Crippen LogP contribution >= 0.6 is 34.8 Å². The molecule has 2 aromatic rings. The molecule has 0 radical (unpaired) electrons. The number of esters is 1. The second-order valence-electron chi connectivity index (χ2n) is 3.83. The van der Waals surface area contributed by atoms with Crippen molar-refractivity contribution in [3.8, 4) is 0 Å². The highest BCUT2D eigenvalue weighted by Gasteiger charge is 2.10. The van der Waals surface area contributed by atoms with E-state index in [1.165, 1.54) is 12.1 Å². The van der Waals surface area contributed by atoms with Gasteiger partial charge in [-0.05, 0) is 24.3 Å². The quantitative estimate of drug-likeness (QED) is 0.745. The summed E-state index contributed by atoms with van der Waals surface area (Å²) >= 11 is 17.6. The van der Waals surface area contributed by atoms with E-state index in [0.717, 1.165) is 5.56 Å². The van der Waals surface area contributed by atoms with Crippen molar-refractivity contribution in [1.29, 1.82) is 0 Å². The zero-order valence-electron chi connectivity index (χ0n) is 9.70. The van der Waals surface area contributed by atoms with Crippen molar-refractivity contribution < 1.29 is 9.53 Å². The Labute approximate surface area is 125 Å². The van der Waals surface area contributed by atoms with Crippen LogP contribution in [0.2, 0.25) is 15.1 Å². The predicted molar refractivity (Wildman–Crippen MR) is 77.0 cm³/mol. The van der Waals surface area contributed by atoms with Gasteiger partial charge in [0.1, 0.15) is 6.61 Å². The van der Waals surface area contributed by atoms with E-state index in [4.69, 9.17) is 39.5 Å². The Morgan fingerprint density at radius 2 is 1.63 bits per heavy atom. The molecular formula is C14H9Cl3O2. The lowest BCUT2D eigenvalue weighted by molar-refractivity contribution is 0.0473. The van der Waals surface area contributed by atoms with E-state index in [1.54, 1.807) is 18.2 Å². The Balaban J connectivity index is 2.08. The molecule has 0 spiro atoms. The molecule has 0 fully saturated rings. The number of hydrogen-bond acceptors (Lipinski definition) is 2. The third-order valence-corrected chi connectivity index (χ3v) is 3.22. The molecule has 0 aliphatic rings. The van der Waals surface area contributed by atoms with Crippen molar-refractivity contribution >= 4 is 40.8 Å². The van der Waals surface area contributed by atoms with Crippen molar-refractivity contribution in [2.75, 3.05) is 0 Å². The highest BCUT2D eigenvalue weighted by Crippen LogP contribution is 2.21. The van der Waals surface area contributed by atoms with Crippen LogP contribution in [0, 0.1) is 0 Å². The smallest absolute Gasteiger partial charge is 0.338 e. The number of carbonyl (C=O) groups excluding carboxylic acids is 1. The Morgan fingerprint density at radius 3 is 2.26 bits per heavy atom. The molecule has 19 heavy (non-hydrogen) atoms. The van der Waals surface area contributed by atoms with Crippen molar-refractivity contribution in [3.05, 3.63) is 68.7 Å². The van der Waals surface area contributed by atoms with Gasteiger partial charge in [0.05, 0.1) is 5.56 Å². The SMILES string of the molecule is O=C(OCc1ccccc1Cl)c1cc(Cl)cc(Cl)c1. The first kappa shape index (κ1) is 14.2. The lowest BCUT2D eigenvalue weighted by Crippen LogP contribution is -2.05. The average molecular weight is 316 g/mol. The van der Waals surface area contributed by atoms with Crippen LogP contribution in [-0.2, 0) is 11.3 Å². The number of halogens is 3. The second-order valence-corrected chi connectivity index (χ2v) is 5.11. The second kappa shape index (κ2) is 6.29.